The van der Waals surface area contributed by atoms with Crippen molar-refractivity contribution >= 4 is 33.2 Å². The molecule has 1 aliphatic heterocycles. The molecule has 2 aromatic rings. The first kappa shape index (κ1) is 22.1. The number of rotatable bonds is 8. The topological polar surface area (TPSA) is 87.5 Å². The molecule has 0 atom stereocenters. The number of hydrogen-bond donors (Lipinski definition) is 1. The molecule has 168 valence electrons. The molecule has 2 heterocycles. The second kappa shape index (κ2) is 9.18. The van der Waals surface area contributed by atoms with Gasteiger partial charge in [0.05, 0.1) is 5.56 Å². The van der Waals surface area contributed by atoms with Crippen molar-refractivity contribution in [1.82, 2.24) is 19.4 Å². The van der Waals surface area contributed by atoms with Gasteiger partial charge in [0.2, 0.25) is 5.03 Å². The van der Waals surface area contributed by atoms with E-state index in [1.807, 2.05) is 31.2 Å². The molecule has 1 amide bonds. The molecule has 31 heavy (non-hydrogen) atoms. The SMILES string of the molecule is CCCn1cc(C(=O)NCC2CC2)c(S(=O)(=O)N2CCN(c3ccc(Cl)cc3)CC2)n1. The largest absolute Gasteiger partial charge is 0.369 e. The maximum atomic E-state index is 13.4. The van der Waals surface area contributed by atoms with E-state index in [4.69, 9.17) is 11.6 Å². The molecule has 8 nitrogen and oxygen atoms in total. The van der Waals surface area contributed by atoms with Gasteiger partial charge >= 0.3 is 0 Å². The highest BCUT2D eigenvalue weighted by Crippen LogP contribution is 2.28. The van der Waals surface area contributed by atoms with Crippen molar-refractivity contribution in [2.75, 3.05) is 37.6 Å². The van der Waals surface area contributed by atoms with E-state index in [0.29, 0.717) is 50.2 Å². The predicted molar refractivity (Wildman–Crippen MR) is 120 cm³/mol. The molecule has 0 spiro atoms. The van der Waals surface area contributed by atoms with E-state index in [-0.39, 0.29) is 16.5 Å². The van der Waals surface area contributed by atoms with E-state index in [0.717, 1.165) is 24.9 Å². The van der Waals surface area contributed by atoms with Crippen molar-refractivity contribution in [3.05, 3.63) is 41.0 Å². The maximum Gasteiger partial charge on any atom is 0.263 e. The summed E-state index contributed by atoms with van der Waals surface area (Å²) in [6.07, 6.45) is 4.57. The summed E-state index contributed by atoms with van der Waals surface area (Å²) >= 11 is 5.96. The van der Waals surface area contributed by atoms with Crippen LogP contribution in [-0.2, 0) is 16.6 Å². The van der Waals surface area contributed by atoms with Gasteiger partial charge in [0.25, 0.3) is 15.9 Å². The van der Waals surface area contributed by atoms with Gasteiger partial charge in [-0.3, -0.25) is 9.48 Å². The zero-order chi connectivity index (χ0) is 22.0. The molecular formula is C21H28ClN5O3S. The minimum atomic E-state index is -3.88. The van der Waals surface area contributed by atoms with Gasteiger partial charge in [-0.15, -0.1) is 0 Å². The van der Waals surface area contributed by atoms with Crippen LogP contribution in [0.3, 0.4) is 0 Å². The monoisotopic (exact) mass is 465 g/mol. The number of sulfonamides is 1. The van der Waals surface area contributed by atoms with Gasteiger partial charge in [-0.25, -0.2) is 8.42 Å². The number of piperazine rings is 1. The standard InChI is InChI=1S/C21H28ClN5O3S/c1-2-9-26-15-19(20(28)23-14-16-3-4-16)21(24-26)31(29,30)27-12-10-25(11-13-27)18-7-5-17(22)6-8-18/h5-8,15-16H,2-4,9-14H2,1H3,(H,23,28). The molecule has 0 bridgehead atoms. The summed E-state index contributed by atoms with van der Waals surface area (Å²) in [5.41, 5.74) is 1.14. The summed E-state index contributed by atoms with van der Waals surface area (Å²) in [6, 6.07) is 7.52. The van der Waals surface area contributed by atoms with E-state index < -0.39 is 10.0 Å². The van der Waals surface area contributed by atoms with Crippen LogP contribution in [0.15, 0.2) is 35.5 Å². The molecule has 2 aliphatic rings. The van der Waals surface area contributed by atoms with Crippen LogP contribution in [-0.4, -0.2) is 61.1 Å². The van der Waals surface area contributed by atoms with Crippen LogP contribution in [0.4, 0.5) is 5.69 Å². The van der Waals surface area contributed by atoms with E-state index in [9.17, 15) is 13.2 Å². The van der Waals surface area contributed by atoms with Crippen molar-refractivity contribution in [3.63, 3.8) is 0 Å². The number of carbonyl (C=O) groups excluding carboxylic acids is 1. The third kappa shape index (κ3) is 5.05. The average Bonchev–Trinajstić information content (AvgIpc) is 3.50. The first-order valence-electron chi connectivity index (χ1n) is 10.7. The van der Waals surface area contributed by atoms with Crippen molar-refractivity contribution in [3.8, 4) is 0 Å². The average molecular weight is 466 g/mol. The van der Waals surface area contributed by atoms with Crippen LogP contribution >= 0.6 is 11.6 Å². The highest BCUT2D eigenvalue weighted by Gasteiger charge is 2.35. The van der Waals surface area contributed by atoms with Crippen LogP contribution in [0.25, 0.3) is 0 Å². The fourth-order valence-electron chi connectivity index (χ4n) is 3.71. The van der Waals surface area contributed by atoms with Gasteiger partial charge in [-0.05, 0) is 49.4 Å². The van der Waals surface area contributed by atoms with Gasteiger partial charge in [0.15, 0.2) is 0 Å². The molecule has 1 aromatic heterocycles. The fourth-order valence-corrected chi connectivity index (χ4v) is 5.35. The lowest BCUT2D eigenvalue weighted by Crippen LogP contribution is -2.49. The van der Waals surface area contributed by atoms with Crippen molar-refractivity contribution in [2.45, 2.75) is 37.8 Å². The Bertz CT molecular complexity index is 1030. The summed E-state index contributed by atoms with van der Waals surface area (Å²) in [4.78, 5) is 14.9. The second-order valence-corrected chi connectivity index (χ2v) is 10.4. The number of nitrogens with one attached hydrogen (secondary N) is 1. The summed E-state index contributed by atoms with van der Waals surface area (Å²) in [7, 11) is -3.88. The molecule has 0 unspecified atom stereocenters. The van der Waals surface area contributed by atoms with Gasteiger partial charge < -0.3 is 10.2 Å². The first-order chi connectivity index (χ1) is 14.9. The van der Waals surface area contributed by atoms with Crippen LogP contribution in [0.2, 0.25) is 5.02 Å². The third-order valence-corrected chi connectivity index (χ3v) is 7.78. The highest BCUT2D eigenvalue weighted by molar-refractivity contribution is 7.89. The number of anilines is 1. The number of hydrogen-bond acceptors (Lipinski definition) is 5. The Labute approximate surface area is 188 Å². The minimum Gasteiger partial charge on any atom is -0.369 e. The summed E-state index contributed by atoms with van der Waals surface area (Å²) < 4.78 is 29.8. The minimum absolute atomic E-state index is 0.134. The fraction of sp³-hybridized carbons (Fsp3) is 0.524. The second-order valence-electron chi connectivity index (χ2n) is 8.13. The number of aryl methyl sites for hydroxylation is 1. The van der Waals surface area contributed by atoms with Crippen LogP contribution in [0.1, 0.15) is 36.5 Å². The Morgan fingerprint density at radius 3 is 2.45 bits per heavy atom. The summed E-state index contributed by atoms with van der Waals surface area (Å²) in [6.45, 7) is 4.89. The van der Waals surface area contributed by atoms with Crippen LogP contribution < -0.4 is 10.2 Å². The van der Waals surface area contributed by atoms with Crippen LogP contribution in [0, 0.1) is 5.92 Å². The third-order valence-electron chi connectivity index (χ3n) is 5.69. The Kier molecular flexibility index (Phi) is 6.55. The van der Waals surface area contributed by atoms with Gasteiger partial charge in [-0.2, -0.15) is 9.40 Å². The van der Waals surface area contributed by atoms with E-state index in [2.05, 4.69) is 15.3 Å². The Balaban J connectivity index is 1.50. The number of halogens is 1. The van der Waals surface area contributed by atoms with Crippen molar-refractivity contribution in [2.24, 2.45) is 5.92 Å². The van der Waals surface area contributed by atoms with Gasteiger partial charge in [-0.1, -0.05) is 18.5 Å². The Hall–Kier alpha value is -2.10. The number of aromatic nitrogens is 2. The lowest BCUT2D eigenvalue weighted by molar-refractivity contribution is 0.0948. The van der Waals surface area contributed by atoms with Gasteiger partial charge in [0.1, 0.15) is 0 Å². The molecule has 1 N–H and O–H groups in total. The first-order valence-corrected chi connectivity index (χ1v) is 12.6. The van der Waals surface area contributed by atoms with Crippen LogP contribution in [0.5, 0.6) is 0 Å². The number of amides is 1. The smallest absolute Gasteiger partial charge is 0.263 e. The zero-order valence-electron chi connectivity index (χ0n) is 17.6. The molecule has 2 fully saturated rings. The highest BCUT2D eigenvalue weighted by atomic mass is 35.5. The number of benzene rings is 1. The number of nitrogens with zero attached hydrogens (tertiary/aromatic N) is 4. The van der Waals surface area contributed by atoms with Crippen molar-refractivity contribution in [1.29, 1.82) is 0 Å². The Morgan fingerprint density at radius 1 is 1.16 bits per heavy atom. The van der Waals surface area contributed by atoms with E-state index >= 15 is 0 Å². The lowest BCUT2D eigenvalue weighted by Gasteiger charge is -2.35. The zero-order valence-corrected chi connectivity index (χ0v) is 19.2. The quantitative estimate of drug-likeness (QED) is 0.647. The summed E-state index contributed by atoms with van der Waals surface area (Å²) in [5, 5.41) is 7.69. The predicted octanol–water partition coefficient (Wildman–Crippen LogP) is 2.60. The molecular weight excluding hydrogens is 438 g/mol. The normalized spacial score (nSPS) is 17.7. The van der Waals surface area contributed by atoms with E-state index in [1.165, 1.54) is 4.31 Å². The maximum absolute atomic E-state index is 13.4. The van der Waals surface area contributed by atoms with Gasteiger partial charge in [0, 0.05) is 56.2 Å². The molecule has 4 rings (SSSR count). The molecule has 1 aliphatic carbocycles. The van der Waals surface area contributed by atoms with Crippen molar-refractivity contribution < 1.29 is 13.2 Å². The van der Waals surface area contributed by atoms with E-state index in [1.54, 1.807) is 10.9 Å². The molecule has 10 heteroatoms. The number of carbonyl (C=O) groups is 1. The molecule has 1 saturated heterocycles. The molecule has 1 aromatic carbocycles. The molecule has 0 radical (unpaired) electrons. The molecule has 1 saturated carbocycles. The summed E-state index contributed by atoms with van der Waals surface area (Å²) in [5.74, 6) is 0.142. The Morgan fingerprint density at radius 2 is 1.84 bits per heavy atom. The lowest BCUT2D eigenvalue weighted by atomic mass is 10.2.